The molecule has 14 heavy (non-hydrogen) atoms. The zero-order valence-corrected chi connectivity index (χ0v) is 8.29. The van der Waals surface area contributed by atoms with E-state index in [1.54, 1.807) is 14.0 Å². The van der Waals surface area contributed by atoms with E-state index in [9.17, 15) is 13.2 Å². The second-order valence-corrected chi connectivity index (χ2v) is 3.19. The Hall–Kier alpha value is -0.750. The summed E-state index contributed by atoms with van der Waals surface area (Å²) in [4.78, 5) is 0. The number of rotatable bonds is 2. The Bertz CT molecular complexity index is 320. The van der Waals surface area contributed by atoms with E-state index >= 15 is 0 Å². The fraction of sp³-hybridized carbons (Fsp3) is 0.571. The highest BCUT2D eigenvalue weighted by molar-refractivity contribution is 6.32. The van der Waals surface area contributed by atoms with Crippen LogP contribution in [0.3, 0.4) is 0 Å². The van der Waals surface area contributed by atoms with Crippen molar-refractivity contribution in [2.75, 3.05) is 7.05 Å². The van der Waals surface area contributed by atoms with Crippen LogP contribution in [0.1, 0.15) is 24.4 Å². The Morgan fingerprint density at radius 1 is 1.50 bits per heavy atom. The quantitative estimate of drug-likeness (QED) is 0.814. The predicted molar refractivity (Wildman–Crippen MR) is 46.1 cm³/mol. The number of aromatic nitrogens is 2. The number of hydrogen-bond acceptors (Lipinski definition) is 2. The summed E-state index contributed by atoms with van der Waals surface area (Å²) in [6.07, 6.45) is -4.51. The van der Waals surface area contributed by atoms with Crippen molar-refractivity contribution in [2.24, 2.45) is 0 Å². The molecule has 7 heteroatoms. The first-order chi connectivity index (χ1) is 6.38. The maximum Gasteiger partial charge on any atom is 0.436 e. The molecular weight excluding hydrogens is 219 g/mol. The number of halogens is 4. The van der Waals surface area contributed by atoms with Gasteiger partial charge in [-0.3, -0.25) is 5.10 Å². The molecule has 1 atom stereocenters. The first-order valence-electron chi connectivity index (χ1n) is 3.86. The monoisotopic (exact) mass is 227 g/mol. The van der Waals surface area contributed by atoms with Crippen molar-refractivity contribution >= 4 is 11.6 Å². The largest absolute Gasteiger partial charge is 0.436 e. The molecule has 0 aliphatic heterocycles. The van der Waals surface area contributed by atoms with Crippen molar-refractivity contribution in [3.05, 3.63) is 16.4 Å². The summed E-state index contributed by atoms with van der Waals surface area (Å²) in [6, 6.07) is -0.300. The molecule has 0 aliphatic carbocycles. The predicted octanol–water partition coefficient (Wildman–Crippen LogP) is 2.36. The molecule has 1 rings (SSSR count). The molecule has 1 heterocycles. The average molecular weight is 228 g/mol. The molecule has 80 valence electrons. The average Bonchev–Trinajstić information content (AvgIpc) is 2.45. The van der Waals surface area contributed by atoms with Gasteiger partial charge >= 0.3 is 6.18 Å². The normalized spacial score (nSPS) is 14.4. The molecule has 0 amide bonds. The molecular formula is C7H9ClF3N3. The molecule has 3 nitrogen and oxygen atoms in total. The van der Waals surface area contributed by atoms with Gasteiger partial charge in [0.15, 0.2) is 5.69 Å². The standard InChI is InChI=1S/C7H9ClF3N3/c1-3(12-2)5-4(8)6(14-13-5)7(9,10)11/h3,12H,1-2H3,(H,13,14). The molecule has 0 radical (unpaired) electrons. The van der Waals surface area contributed by atoms with Gasteiger partial charge in [-0.15, -0.1) is 0 Å². The number of nitrogens with one attached hydrogen (secondary N) is 2. The summed E-state index contributed by atoms with van der Waals surface area (Å²) in [7, 11) is 1.62. The van der Waals surface area contributed by atoms with Crippen LogP contribution in [0.15, 0.2) is 0 Å². The SMILES string of the molecule is CNC(C)c1[nH]nc(C(F)(F)F)c1Cl. The zero-order chi connectivity index (χ0) is 10.9. The summed E-state index contributed by atoms with van der Waals surface area (Å²) < 4.78 is 36.7. The second kappa shape index (κ2) is 3.78. The van der Waals surface area contributed by atoms with Crippen molar-refractivity contribution in [1.29, 1.82) is 0 Å². The second-order valence-electron chi connectivity index (χ2n) is 2.81. The highest BCUT2D eigenvalue weighted by Crippen LogP contribution is 2.35. The van der Waals surface area contributed by atoms with Gasteiger partial charge in [-0.2, -0.15) is 18.3 Å². The molecule has 0 fully saturated rings. The third-order valence-electron chi connectivity index (χ3n) is 1.87. The molecule has 0 saturated carbocycles. The van der Waals surface area contributed by atoms with Crippen LogP contribution in [-0.4, -0.2) is 17.2 Å². The van der Waals surface area contributed by atoms with E-state index in [1.807, 2.05) is 0 Å². The highest BCUT2D eigenvalue weighted by Gasteiger charge is 2.38. The number of aromatic amines is 1. The summed E-state index contributed by atoms with van der Waals surface area (Å²) >= 11 is 5.53. The van der Waals surface area contributed by atoms with Gasteiger partial charge in [-0.25, -0.2) is 0 Å². The van der Waals surface area contributed by atoms with E-state index in [2.05, 4.69) is 15.5 Å². The molecule has 0 aromatic carbocycles. The minimum Gasteiger partial charge on any atom is -0.312 e. The minimum atomic E-state index is -4.51. The summed E-state index contributed by atoms with van der Waals surface area (Å²) in [5.74, 6) is 0. The van der Waals surface area contributed by atoms with Crippen LogP contribution in [0.4, 0.5) is 13.2 Å². The van der Waals surface area contributed by atoms with Crippen LogP contribution in [0, 0.1) is 0 Å². The molecule has 1 unspecified atom stereocenters. The van der Waals surface area contributed by atoms with Crippen molar-refractivity contribution in [3.8, 4) is 0 Å². The van der Waals surface area contributed by atoms with Gasteiger partial charge in [0, 0.05) is 6.04 Å². The summed E-state index contributed by atoms with van der Waals surface area (Å²) in [6.45, 7) is 1.68. The first-order valence-corrected chi connectivity index (χ1v) is 4.24. The van der Waals surface area contributed by atoms with E-state index in [0.29, 0.717) is 0 Å². The molecule has 0 aliphatic rings. The number of alkyl halides is 3. The van der Waals surface area contributed by atoms with Gasteiger partial charge in [0.25, 0.3) is 0 Å². The van der Waals surface area contributed by atoms with E-state index < -0.39 is 11.9 Å². The molecule has 0 bridgehead atoms. The topological polar surface area (TPSA) is 40.7 Å². The van der Waals surface area contributed by atoms with Crippen LogP contribution < -0.4 is 5.32 Å². The van der Waals surface area contributed by atoms with Crippen LogP contribution in [0.2, 0.25) is 5.02 Å². The molecule has 1 aromatic heterocycles. The minimum absolute atomic E-state index is 0.237. The summed E-state index contributed by atoms with van der Waals surface area (Å²) in [5.41, 5.74) is -0.835. The fourth-order valence-electron chi connectivity index (χ4n) is 0.961. The lowest BCUT2D eigenvalue weighted by Crippen LogP contribution is -2.13. The Morgan fingerprint density at radius 3 is 2.43 bits per heavy atom. The van der Waals surface area contributed by atoms with E-state index in [0.717, 1.165) is 0 Å². The third-order valence-corrected chi connectivity index (χ3v) is 2.25. The van der Waals surface area contributed by atoms with Crippen LogP contribution in [-0.2, 0) is 6.18 Å². The highest BCUT2D eigenvalue weighted by atomic mass is 35.5. The zero-order valence-electron chi connectivity index (χ0n) is 7.54. The molecule has 2 N–H and O–H groups in total. The number of hydrogen-bond donors (Lipinski definition) is 2. The Morgan fingerprint density at radius 2 is 2.07 bits per heavy atom. The van der Waals surface area contributed by atoms with Gasteiger partial charge in [-0.1, -0.05) is 11.6 Å². The lowest BCUT2D eigenvalue weighted by atomic mass is 10.2. The van der Waals surface area contributed by atoms with Crippen LogP contribution in [0.25, 0.3) is 0 Å². The maximum atomic E-state index is 12.2. The third kappa shape index (κ3) is 2.01. The maximum absolute atomic E-state index is 12.2. The van der Waals surface area contributed by atoms with Crippen molar-refractivity contribution in [3.63, 3.8) is 0 Å². The smallest absolute Gasteiger partial charge is 0.312 e. The number of nitrogens with zero attached hydrogens (tertiary/aromatic N) is 1. The summed E-state index contributed by atoms with van der Waals surface area (Å²) in [5, 5.41) is 7.79. The van der Waals surface area contributed by atoms with Gasteiger partial charge < -0.3 is 5.32 Å². The van der Waals surface area contributed by atoms with E-state index in [1.165, 1.54) is 0 Å². The molecule has 1 aromatic rings. The van der Waals surface area contributed by atoms with Gasteiger partial charge in [0.1, 0.15) is 0 Å². The van der Waals surface area contributed by atoms with Crippen molar-refractivity contribution < 1.29 is 13.2 Å². The van der Waals surface area contributed by atoms with Gasteiger partial charge in [0.05, 0.1) is 10.7 Å². The number of H-pyrrole nitrogens is 1. The van der Waals surface area contributed by atoms with Gasteiger partial charge in [0.2, 0.25) is 0 Å². The lowest BCUT2D eigenvalue weighted by Gasteiger charge is -2.07. The van der Waals surface area contributed by atoms with Crippen LogP contribution in [0.5, 0.6) is 0 Å². The van der Waals surface area contributed by atoms with Crippen molar-refractivity contribution in [2.45, 2.75) is 19.1 Å². The Labute approximate surface area is 83.6 Å². The lowest BCUT2D eigenvalue weighted by molar-refractivity contribution is -0.141. The fourth-order valence-corrected chi connectivity index (χ4v) is 1.32. The van der Waals surface area contributed by atoms with Crippen LogP contribution >= 0.6 is 11.6 Å². The first kappa shape index (κ1) is 11.3. The van der Waals surface area contributed by atoms with E-state index in [-0.39, 0.29) is 16.8 Å². The van der Waals surface area contributed by atoms with Crippen molar-refractivity contribution in [1.82, 2.24) is 15.5 Å². The molecule has 0 saturated heterocycles. The van der Waals surface area contributed by atoms with Gasteiger partial charge in [-0.05, 0) is 14.0 Å². The van der Waals surface area contributed by atoms with E-state index in [4.69, 9.17) is 11.6 Å². The molecule has 0 spiro atoms. The Kier molecular flexibility index (Phi) is 3.06. The Balaban J connectivity index is 3.09.